The summed E-state index contributed by atoms with van der Waals surface area (Å²) < 4.78 is 34.8. The number of ether oxygens (including phenoxy) is 1. The Hall–Kier alpha value is -3.72. The number of carbonyl (C=O) groups is 1. The molecule has 2 aromatic heterocycles. The van der Waals surface area contributed by atoms with Crippen molar-refractivity contribution >= 4 is 29.2 Å². The van der Waals surface area contributed by atoms with Gasteiger partial charge in [-0.1, -0.05) is 13.8 Å². The number of hydrogen-bond acceptors (Lipinski definition) is 8. The molecule has 188 valence electrons. The molecule has 3 heterocycles. The fraction of sp³-hybridized carbons (Fsp3) is 0.478. The molecule has 0 saturated carbocycles. The summed E-state index contributed by atoms with van der Waals surface area (Å²) >= 11 is 0. The fourth-order valence-corrected chi connectivity index (χ4v) is 3.78. The van der Waals surface area contributed by atoms with Crippen LogP contribution in [-0.2, 0) is 4.74 Å². The molecular weight excluding hydrogens is 460 g/mol. The number of nitriles is 1. The molecule has 1 amide bonds. The van der Waals surface area contributed by atoms with E-state index in [1.807, 2.05) is 19.9 Å². The normalized spacial score (nSPS) is 15.3. The number of anilines is 4. The molecule has 0 aliphatic carbocycles. The van der Waals surface area contributed by atoms with Gasteiger partial charge in [0, 0.05) is 31.2 Å². The van der Waals surface area contributed by atoms with Crippen molar-refractivity contribution < 1.29 is 23.4 Å². The second-order valence-corrected chi connectivity index (χ2v) is 8.70. The van der Waals surface area contributed by atoms with Crippen molar-refractivity contribution in [3.05, 3.63) is 35.5 Å². The maximum Gasteiger partial charge on any atom is 0.404 e. The number of hydrogen-bond donors (Lipinski definition) is 4. The summed E-state index contributed by atoms with van der Waals surface area (Å²) in [6.07, 6.45) is 0.746. The van der Waals surface area contributed by atoms with Crippen LogP contribution >= 0.6 is 0 Å². The zero-order chi connectivity index (χ0) is 25.5. The predicted molar refractivity (Wildman–Crippen MR) is 127 cm³/mol. The third-order valence-electron chi connectivity index (χ3n) is 5.49. The molecule has 1 saturated heterocycles. The number of nitrogens with one attached hydrogen (secondary N) is 3. The number of rotatable bonds is 9. The molecule has 0 unspecified atom stereocenters. The van der Waals surface area contributed by atoms with Gasteiger partial charge in [-0.3, -0.25) is 0 Å². The van der Waals surface area contributed by atoms with E-state index in [-0.39, 0.29) is 34.6 Å². The zero-order valence-electron chi connectivity index (χ0n) is 19.8. The lowest BCUT2D eigenvalue weighted by molar-refractivity contribution is 0.122. The van der Waals surface area contributed by atoms with E-state index in [1.165, 1.54) is 12.3 Å². The Morgan fingerprint density at radius 2 is 1.94 bits per heavy atom. The Kier molecular flexibility index (Phi) is 8.59. The topological polar surface area (TPSA) is 135 Å². The Morgan fingerprint density at radius 1 is 1.23 bits per heavy atom. The van der Waals surface area contributed by atoms with Crippen molar-refractivity contribution in [1.29, 1.82) is 5.26 Å². The van der Waals surface area contributed by atoms with Crippen molar-refractivity contribution in [3.8, 4) is 6.07 Å². The summed E-state index contributed by atoms with van der Waals surface area (Å²) in [5.74, 6) is -1.08. The highest BCUT2D eigenvalue weighted by atomic mass is 19.1. The summed E-state index contributed by atoms with van der Waals surface area (Å²) in [6.45, 7) is 7.60. The number of amides is 1. The van der Waals surface area contributed by atoms with Crippen LogP contribution in [0.5, 0.6) is 0 Å². The van der Waals surface area contributed by atoms with Gasteiger partial charge in [-0.2, -0.15) is 5.26 Å². The quantitative estimate of drug-likeness (QED) is 0.416. The van der Waals surface area contributed by atoms with E-state index in [1.54, 1.807) is 11.8 Å². The van der Waals surface area contributed by atoms with E-state index >= 15 is 0 Å². The summed E-state index contributed by atoms with van der Waals surface area (Å²) in [6, 6.07) is 3.11. The van der Waals surface area contributed by atoms with Gasteiger partial charge < -0.3 is 30.7 Å². The highest BCUT2D eigenvalue weighted by Gasteiger charge is 2.23. The molecule has 1 aliphatic rings. The lowest BCUT2D eigenvalue weighted by Gasteiger charge is -2.28. The molecule has 0 aromatic carbocycles. The first-order valence-electron chi connectivity index (χ1n) is 11.3. The number of nitrogens with zero attached hydrogens (tertiary/aromatic N) is 4. The van der Waals surface area contributed by atoms with Crippen LogP contribution in [0.15, 0.2) is 18.3 Å². The molecular formula is C23H29F2N7O3. The first-order valence-corrected chi connectivity index (χ1v) is 11.3. The molecule has 3 rings (SSSR count). The minimum Gasteiger partial charge on any atom is -0.465 e. The van der Waals surface area contributed by atoms with Crippen LogP contribution in [0, 0.1) is 28.9 Å². The van der Waals surface area contributed by atoms with Crippen molar-refractivity contribution in [2.24, 2.45) is 5.92 Å². The van der Waals surface area contributed by atoms with Crippen molar-refractivity contribution in [1.82, 2.24) is 15.3 Å². The van der Waals surface area contributed by atoms with Crippen LogP contribution < -0.4 is 20.9 Å². The van der Waals surface area contributed by atoms with Crippen LogP contribution in [0.25, 0.3) is 0 Å². The molecule has 2 aromatic rings. The Morgan fingerprint density at radius 3 is 2.54 bits per heavy atom. The Labute approximate surface area is 202 Å². The predicted octanol–water partition coefficient (Wildman–Crippen LogP) is 3.69. The average molecular weight is 490 g/mol. The summed E-state index contributed by atoms with van der Waals surface area (Å²) in [4.78, 5) is 21.3. The second-order valence-electron chi connectivity index (χ2n) is 8.70. The van der Waals surface area contributed by atoms with Crippen molar-refractivity contribution in [3.63, 3.8) is 0 Å². The number of carboxylic acid groups (broad SMARTS) is 1. The zero-order valence-corrected chi connectivity index (χ0v) is 19.8. The van der Waals surface area contributed by atoms with Gasteiger partial charge in [-0.25, -0.2) is 23.5 Å². The van der Waals surface area contributed by atoms with Crippen LogP contribution in [0.4, 0.5) is 36.7 Å². The largest absolute Gasteiger partial charge is 0.465 e. The van der Waals surface area contributed by atoms with E-state index in [0.717, 1.165) is 6.07 Å². The van der Waals surface area contributed by atoms with Gasteiger partial charge in [0.1, 0.15) is 6.07 Å². The van der Waals surface area contributed by atoms with Gasteiger partial charge in [0.25, 0.3) is 0 Å². The van der Waals surface area contributed by atoms with Crippen LogP contribution in [-0.4, -0.2) is 59.6 Å². The molecule has 10 nitrogen and oxygen atoms in total. The lowest BCUT2D eigenvalue weighted by atomic mass is 9.98. The van der Waals surface area contributed by atoms with E-state index in [2.05, 4.69) is 25.9 Å². The third kappa shape index (κ3) is 6.89. The van der Waals surface area contributed by atoms with Crippen LogP contribution in [0.2, 0.25) is 0 Å². The molecule has 12 heteroatoms. The Balaban J connectivity index is 1.85. The molecule has 1 fully saturated rings. The smallest absolute Gasteiger partial charge is 0.404 e. The van der Waals surface area contributed by atoms with Gasteiger partial charge in [-0.05, 0) is 25.3 Å². The second kappa shape index (κ2) is 11.6. The lowest BCUT2D eigenvalue weighted by Crippen LogP contribution is -2.45. The van der Waals surface area contributed by atoms with Crippen molar-refractivity contribution in [2.45, 2.75) is 39.3 Å². The number of halogens is 2. The summed E-state index contributed by atoms with van der Waals surface area (Å²) in [7, 11) is 0. The third-order valence-corrected chi connectivity index (χ3v) is 5.49. The van der Waals surface area contributed by atoms with E-state index in [4.69, 9.17) is 9.84 Å². The highest BCUT2D eigenvalue weighted by Crippen LogP contribution is 2.27. The summed E-state index contributed by atoms with van der Waals surface area (Å²) in [5, 5.41) is 26.7. The molecule has 0 bridgehead atoms. The first kappa shape index (κ1) is 25.9. The highest BCUT2D eigenvalue weighted by molar-refractivity contribution is 5.66. The van der Waals surface area contributed by atoms with Crippen LogP contribution in [0.3, 0.4) is 0 Å². The maximum atomic E-state index is 14.8. The maximum absolute atomic E-state index is 14.8. The van der Waals surface area contributed by atoms with Gasteiger partial charge >= 0.3 is 6.09 Å². The molecule has 2 atom stereocenters. The minimum atomic E-state index is -1.20. The summed E-state index contributed by atoms with van der Waals surface area (Å²) in [5.41, 5.74) is 0.156. The fourth-order valence-electron chi connectivity index (χ4n) is 3.78. The molecule has 4 N–H and O–H groups in total. The molecule has 0 spiro atoms. The van der Waals surface area contributed by atoms with E-state index in [0.29, 0.717) is 32.7 Å². The molecule has 1 aliphatic heterocycles. The van der Waals surface area contributed by atoms with Crippen molar-refractivity contribution in [2.75, 3.05) is 41.8 Å². The number of pyridine rings is 2. The van der Waals surface area contributed by atoms with E-state index < -0.39 is 29.8 Å². The SMILES string of the molecule is CC(C)C[C@@H](Nc1nc(Nc2cnc(N3CCOCC3)c(F)c2)c(C#N)cc1F)[C@H](C)NC(=O)O. The van der Waals surface area contributed by atoms with Gasteiger partial charge in [0.05, 0.1) is 30.7 Å². The monoisotopic (exact) mass is 489 g/mol. The molecule has 35 heavy (non-hydrogen) atoms. The number of morpholine rings is 1. The minimum absolute atomic E-state index is 0.0128. The van der Waals surface area contributed by atoms with Gasteiger partial charge in [0.15, 0.2) is 29.1 Å². The number of aromatic nitrogens is 2. The standard InChI is InChI=1S/C23H29F2N7O3/c1-13(2)8-19(14(3)28-23(33)34)30-21-17(24)9-15(11-26)20(31-21)29-16-10-18(25)22(27-12-16)32-4-6-35-7-5-32/h9-10,12-14,19,28H,4-8H2,1-3H3,(H,33,34)(H2,29,30,31)/t14-,19+/m0/s1. The first-order chi connectivity index (χ1) is 16.7. The van der Waals surface area contributed by atoms with Crippen LogP contribution in [0.1, 0.15) is 32.8 Å². The van der Waals surface area contributed by atoms with Gasteiger partial charge in [-0.15, -0.1) is 0 Å². The van der Waals surface area contributed by atoms with E-state index in [9.17, 15) is 18.8 Å². The Bertz CT molecular complexity index is 1090. The average Bonchev–Trinajstić information content (AvgIpc) is 2.80. The molecule has 0 radical (unpaired) electrons. The van der Waals surface area contributed by atoms with Gasteiger partial charge in [0.2, 0.25) is 0 Å².